The lowest BCUT2D eigenvalue weighted by Gasteiger charge is -2.26. The number of hydrogen-bond donors (Lipinski definition) is 3. The molecule has 0 radical (unpaired) electrons. The Morgan fingerprint density at radius 1 is 1.39 bits per heavy atom. The van der Waals surface area contributed by atoms with E-state index < -0.39 is 23.8 Å². The van der Waals surface area contributed by atoms with Crippen molar-refractivity contribution < 1.29 is 24.5 Å². The number of thiazole rings is 1. The molecule has 0 aliphatic carbocycles. The topological polar surface area (TPSA) is 109 Å². The Balaban J connectivity index is 2.71. The molecule has 0 aromatic carbocycles. The fourth-order valence-corrected chi connectivity index (χ4v) is 2.63. The first kappa shape index (κ1) is 19.4. The zero-order valence-corrected chi connectivity index (χ0v) is 14.8. The second-order valence-corrected chi connectivity index (χ2v) is 7.51. The quantitative estimate of drug-likeness (QED) is 0.732. The number of aromatic carboxylic acids is 1. The van der Waals surface area contributed by atoms with Crippen LogP contribution < -0.4 is 5.32 Å². The number of carboxylic acid groups (broad SMARTS) is 1. The number of carboxylic acids is 1. The van der Waals surface area contributed by atoms with Gasteiger partial charge in [0.1, 0.15) is 16.7 Å². The highest BCUT2D eigenvalue weighted by Crippen LogP contribution is 2.24. The third-order valence-electron chi connectivity index (χ3n) is 3.01. The predicted molar refractivity (Wildman–Crippen MR) is 86.6 cm³/mol. The van der Waals surface area contributed by atoms with Gasteiger partial charge < -0.3 is 20.3 Å². The number of nitrogens with one attached hydrogen (secondary N) is 1. The second kappa shape index (κ2) is 7.74. The summed E-state index contributed by atoms with van der Waals surface area (Å²) in [6, 6.07) is -0.322. The summed E-state index contributed by atoms with van der Waals surface area (Å²) in [7, 11) is 0. The van der Waals surface area contributed by atoms with Gasteiger partial charge in [0.2, 0.25) is 0 Å². The average Bonchev–Trinajstić information content (AvgIpc) is 2.85. The maximum atomic E-state index is 11.9. The number of alkyl carbamates (subject to hydrolysis) is 1. The summed E-state index contributed by atoms with van der Waals surface area (Å²) in [4.78, 5) is 26.6. The number of amides is 1. The van der Waals surface area contributed by atoms with Gasteiger partial charge in [0.05, 0.1) is 0 Å². The predicted octanol–water partition coefficient (Wildman–Crippen LogP) is 2.81. The van der Waals surface area contributed by atoms with Crippen molar-refractivity contribution in [3.8, 4) is 0 Å². The highest BCUT2D eigenvalue weighted by atomic mass is 32.1. The molecule has 1 heterocycles. The lowest BCUT2D eigenvalue weighted by molar-refractivity contribution is 0.0461. The molecular formula is C15H24N2O5S. The summed E-state index contributed by atoms with van der Waals surface area (Å²) < 4.78 is 5.22. The van der Waals surface area contributed by atoms with Crippen molar-refractivity contribution >= 4 is 23.4 Å². The van der Waals surface area contributed by atoms with E-state index in [4.69, 9.17) is 9.84 Å². The van der Waals surface area contributed by atoms with E-state index in [9.17, 15) is 14.7 Å². The Morgan fingerprint density at radius 2 is 2.00 bits per heavy atom. The van der Waals surface area contributed by atoms with Gasteiger partial charge in [-0.2, -0.15) is 0 Å². The first-order valence-electron chi connectivity index (χ1n) is 7.36. The molecule has 3 N–H and O–H groups in total. The molecule has 0 aliphatic rings. The number of aliphatic hydroxyl groups excluding tert-OH is 1. The van der Waals surface area contributed by atoms with E-state index in [1.54, 1.807) is 20.8 Å². The SMILES string of the molecule is CC(C)[C@@H](C[C@@H](O)c1nc(C(=O)O)cs1)NC(=O)OC(C)(C)C. The van der Waals surface area contributed by atoms with E-state index in [1.807, 2.05) is 13.8 Å². The number of nitrogens with zero attached hydrogens (tertiary/aromatic N) is 1. The van der Waals surface area contributed by atoms with Crippen LogP contribution in [0.4, 0.5) is 4.79 Å². The highest BCUT2D eigenvalue weighted by Gasteiger charge is 2.25. The van der Waals surface area contributed by atoms with E-state index in [-0.39, 0.29) is 24.1 Å². The van der Waals surface area contributed by atoms with Crippen LogP contribution in [0.3, 0.4) is 0 Å². The monoisotopic (exact) mass is 344 g/mol. The number of hydrogen-bond acceptors (Lipinski definition) is 6. The summed E-state index contributed by atoms with van der Waals surface area (Å²) in [6.07, 6.45) is -1.27. The van der Waals surface area contributed by atoms with Crippen molar-refractivity contribution in [2.45, 2.75) is 58.8 Å². The molecule has 2 atom stereocenters. The lowest BCUT2D eigenvalue weighted by atomic mass is 9.98. The average molecular weight is 344 g/mol. The van der Waals surface area contributed by atoms with Crippen molar-refractivity contribution in [3.05, 3.63) is 16.1 Å². The summed E-state index contributed by atoms with van der Waals surface area (Å²) in [5, 5.41) is 23.6. The number of aliphatic hydroxyl groups is 1. The number of rotatable bonds is 6. The Bertz CT molecular complexity index is 550. The van der Waals surface area contributed by atoms with Gasteiger partial charge in [-0.15, -0.1) is 11.3 Å². The molecule has 8 heteroatoms. The molecule has 0 bridgehead atoms. The Labute approximate surface area is 139 Å². The first-order valence-corrected chi connectivity index (χ1v) is 8.24. The summed E-state index contributed by atoms with van der Waals surface area (Å²) >= 11 is 1.08. The van der Waals surface area contributed by atoms with Crippen molar-refractivity contribution in [3.63, 3.8) is 0 Å². The van der Waals surface area contributed by atoms with Crippen LogP contribution in [0.1, 0.15) is 62.6 Å². The van der Waals surface area contributed by atoms with Crippen molar-refractivity contribution in [2.24, 2.45) is 5.92 Å². The maximum Gasteiger partial charge on any atom is 0.407 e. The number of ether oxygens (including phenoxy) is 1. The van der Waals surface area contributed by atoms with Crippen molar-refractivity contribution in [1.29, 1.82) is 0 Å². The van der Waals surface area contributed by atoms with Crippen LogP contribution in [0.25, 0.3) is 0 Å². The molecule has 0 saturated carbocycles. The smallest absolute Gasteiger partial charge is 0.407 e. The molecule has 7 nitrogen and oxygen atoms in total. The van der Waals surface area contributed by atoms with Gasteiger partial charge in [-0.25, -0.2) is 14.6 Å². The minimum Gasteiger partial charge on any atom is -0.476 e. The molecule has 23 heavy (non-hydrogen) atoms. The van der Waals surface area contributed by atoms with Crippen LogP contribution in [0.5, 0.6) is 0 Å². The molecule has 0 aliphatic heterocycles. The Hall–Kier alpha value is -1.67. The fourth-order valence-electron chi connectivity index (χ4n) is 1.84. The van der Waals surface area contributed by atoms with Gasteiger partial charge in [-0.1, -0.05) is 13.8 Å². The molecule has 1 amide bonds. The molecule has 1 aromatic rings. The molecule has 0 unspecified atom stereocenters. The highest BCUT2D eigenvalue weighted by molar-refractivity contribution is 7.09. The van der Waals surface area contributed by atoms with Gasteiger partial charge in [-0.05, 0) is 26.7 Å². The van der Waals surface area contributed by atoms with Crippen molar-refractivity contribution in [2.75, 3.05) is 0 Å². The van der Waals surface area contributed by atoms with Crippen LogP contribution in [0.2, 0.25) is 0 Å². The molecule has 0 fully saturated rings. The molecule has 1 rings (SSSR count). The van der Waals surface area contributed by atoms with E-state index >= 15 is 0 Å². The summed E-state index contributed by atoms with van der Waals surface area (Å²) in [6.45, 7) is 9.15. The van der Waals surface area contributed by atoms with E-state index in [1.165, 1.54) is 5.38 Å². The van der Waals surface area contributed by atoms with E-state index in [0.29, 0.717) is 5.01 Å². The van der Waals surface area contributed by atoms with E-state index in [2.05, 4.69) is 10.3 Å². The standard InChI is InChI=1S/C15H24N2O5S/c1-8(2)9(17-14(21)22-15(3,4)5)6-11(18)12-16-10(7-23-12)13(19)20/h7-9,11,18H,6H2,1-5H3,(H,17,21)(H,19,20)/t9-,11-/m1/s1. The van der Waals surface area contributed by atoms with Gasteiger partial charge in [0.15, 0.2) is 5.69 Å². The van der Waals surface area contributed by atoms with Gasteiger partial charge in [-0.3, -0.25) is 0 Å². The maximum absolute atomic E-state index is 11.9. The third kappa shape index (κ3) is 6.54. The normalized spacial score (nSPS) is 14.4. The number of carbonyl (C=O) groups is 2. The van der Waals surface area contributed by atoms with Crippen LogP contribution in [-0.4, -0.2) is 38.9 Å². The van der Waals surface area contributed by atoms with Crippen LogP contribution >= 0.6 is 11.3 Å². The molecule has 0 spiro atoms. The molecule has 1 aromatic heterocycles. The fraction of sp³-hybridized carbons (Fsp3) is 0.667. The minimum atomic E-state index is -1.13. The van der Waals surface area contributed by atoms with Gasteiger partial charge in [0, 0.05) is 17.8 Å². The van der Waals surface area contributed by atoms with Crippen LogP contribution in [-0.2, 0) is 4.74 Å². The zero-order chi connectivity index (χ0) is 17.8. The zero-order valence-electron chi connectivity index (χ0n) is 14.0. The molecular weight excluding hydrogens is 320 g/mol. The molecule has 130 valence electrons. The third-order valence-corrected chi connectivity index (χ3v) is 3.96. The Morgan fingerprint density at radius 3 is 2.43 bits per heavy atom. The summed E-state index contributed by atoms with van der Waals surface area (Å²) in [5.41, 5.74) is -0.694. The van der Waals surface area contributed by atoms with Crippen LogP contribution in [0, 0.1) is 5.92 Å². The largest absolute Gasteiger partial charge is 0.476 e. The minimum absolute atomic E-state index is 0.0658. The number of aromatic nitrogens is 1. The van der Waals surface area contributed by atoms with Crippen LogP contribution in [0.15, 0.2) is 5.38 Å². The second-order valence-electron chi connectivity index (χ2n) is 6.62. The lowest BCUT2D eigenvalue weighted by Crippen LogP contribution is -2.42. The van der Waals surface area contributed by atoms with E-state index in [0.717, 1.165) is 11.3 Å². The molecule has 0 saturated heterocycles. The summed E-state index contributed by atoms with van der Waals surface area (Å²) in [5.74, 6) is -1.07. The first-order chi connectivity index (χ1) is 10.5. The number of carbonyl (C=O) groups excluding carboxylic acids is 1. The van der Waals surface area contributed by atoms with Gasteiger partial charge in [0.25, 0.3) is 0 Å². The van der Waals surface area contributed by atoms with Gasteiger partial charge >= 0.3 is 12.1 Å². The Kier molecular flexibility index (Phi) is 6.52. The van der Waals surface area contributed by atoms with Crippen molar-refractivity contribution in [1.82, 2.24) is 10.3 Å².